The van der Waals surface area contributed by atoms with E-state index in [9.17, 15) is 14.5 Å². The number of rotatable bonds is 11. The molecule has 1 atom stereocenters. The molecule has 2 rings (SSSR count). The molecule has 0 aliphatic heterocycles. The number of carbonyl (C=O) groups is 1. The van der Waals surface area contributed by atoms with Crippen molar-refractivity contribution in [3.05, 3.63) is 71.8 Å². The van der Waals surface area contributed by atoms with E-state index in [4.69, 9.17) is 13.8 Å². The zero-order valence-electron chi connectivity index (χ0n) is 20.1. The minimum Gasteiger partial charge on any atom is -0.444 e. The third-order valence-corrected chi connectivity index (χ3v) is 6.84. The maximum absolute atomic E-state index is 13.4. The minimum atomic E-state index is -3.51. The Balaban J connectivity index is 2.45. The van der Waals surface area contributed by atoms with Crippen LogP contribution in [0.4, 0.5) is 4.79 Å². The summed E-state index contributed by atoms with van der Waals surface area (Å²) < 4.78 is 29.3. The number of aliphatic hydroxyl groups is 1. The number of ether oxygens (including phenoxy) is 1. The van der Waals surface area contributed by atoms with Crippen LogP contribution in [0, 0.1) is 0 Å². The highest BCUT2D eigenvalue weighted by atomic mass is 31.2. The second kappa shape index (κ2) is 12.3. The summed E-state index contributed by atoms with van der Waals surface area (Å²) in [4.78, 5) is 14.8. The Kier molecular flexibility index (Phi) is 10.1. The molecule has 0 unspecified atom stereocenters. The molecule has 0 bridgehead atoms. The number of aliphatic hydroxyl groups excluding tert-OH is 1. The van der Waals surface area contributed by atoms with E-state index in [0.29, 0.717) is 0 Å². The molecule has 0 saturated heterocycles. The van der Waals surface area contributed by atoms with Gasteiger partial charge in [-0.15, -0.1) is 0 Å². The Bertz CT molecular complexity index is 851. The van der Waals surface area contributed by atoms with Gasteiger partial charge in [-0.3, -0.25) is 9.46 Å². The lowest BCUT2D eigenvalue weighted by Crippen LogP contribution is -2.44. The maximum Gasteiger partial charge on any atom is 0.411 e. The molecule has 1 N–H and O–H groups in total. The fourth-order valence-electron chi connectivity index (χ4n) is 3.51. The molecule has 2 aromatic rings. The first-order valence-electron chi connectivity index (χ1n) is 11.2. The van der Waals surface area contributed by atoms with Crippen molar-refractivity contribution in [2.75, 3.05) is 25.9 Å². The van der Waals surface area contributed by atoms with Crippen LogP contribution >= 0.6 is 7.60 Å². The molecule has 33 heavy (non-hydrogen) atoms. The van der Waals surface area contributed by atoms with Crippen LogP contribution in [0.5, 0.6) is 0 Å². The Labute approximate surface area is 197 Å². The number of nitrogens with zero attached hydrogens (tertiary/aromatic N) is 1. The van der Waals surface area contributed by atoms with Crippen LogP contribution in [-0.4, -0.2) is 53.7 Å². The van der Waals surface area contributed by atoms with Crippen LogP contribution in [0.2, 0.25) is 0 Å². The first-order chi connectivity index (χ1) is 15.6. The third-order valence-electron chi connectivity index (χ3n) is 4.66. The van der Waals surface area contributed by atoms with Gasteiger partial charge < -0.3 is 18.9 Å². The average molecular weight is 478 g/mol. The van der Waals surface area contributed by atoms with Gasteiger partial charge in [-0.1, -0.05) is 60.7 Å². The lowest BCUT2D eigenvalue weighted by Gasteiger charge is -2.35. The zero-order chi connectivity index (χ0) is 24.5. The van der Waals surface area contributed by atoms with Crippen molar-refractivity contribution in [3.63, 3.8) is 0 Å². The van der Waals surface area contributed by atoms with Crippen molar-refractivity contribution in [1.29, 1.82) is 0 Å². The van der Waals surface area contributed by atoms with Gasteiger partial charge in [-0.2, -0.15) is 0 Å². The van der Waals surface area contributed by atoms with E-state index in [1.54, 1.807) is 34.6 Å². The highest BCUT2D eigenvalue weighted by Crippen LogP contribution is 2.48. The van der Waals surface area contributed by atoms with Crippen LogP contribution in [-0.2, 0) is 18.3 Å². The van der Waals surface area contributed by atoms with Crippen molar-refractivity contribution in [1.82, 2.24) is 4.90 Å². The average Bonchev–Trinajstić information content (AvgIpc) is 2.73. The number of hydrogen-bond donors (Lipinski definition) is 1. The van der Waals surface area contributed by atoms with E-state index >= 15 is 0 Å². The first kappa shape index (κ1) is 27.1. The lowest BCUT2D eigenvalue weighted by molar-refractivity contribution is 0.00876. The van der Waals surface area contributed by atoms with Crippen LogP contribution in [0.3, 0.4) is 0 Å². The molecule has 0 saturated carbocycles. The molecule has 0 aliphatic rings. The standard InChI is InChI=1S/C25H36NO6P/c1-6-30-33(29,31-7-2)19-22(27)18-26(24(28)32-25(3,4)5)23(20-14-10-8-11-15-20)21-16-12-9-13-17-21/h8-17,22-23,27H,6-7,18-19H2,1-5H3/t22-/m0/s1. The summed E-state index contributed by atoms with van der Waals surface area (Å²) in [7, 11) is -3.51. The molecule has 182 valence electrons. The van der Waals surface area contributed by atoms with Gasteiger partial charge in [0.2, 0.25) is 0 Å². The molecule has 0 heterocycles. The van der Waals surface area contributed by atoms with Crippen LogP contribution in [0.25, 0.3) is 0 Å². The van der Waals surface area contributed by atoms with Gasteiger partial charge in [-0.05, 0) is 45.7 Å². The SMILES string of the molecule is CCOP(=O)(C[C@@H](O)CN(C(=O)OC(C)(C)C)C(c1ccccc1)c1ccccc1)OCC. The normalized spacial score (nSPS) is 13.1. The highest BCUT2D eigenvalue weighted by Gasteiger charge is 2.35. The predicted molar refractivity (Wildman–Crippen MR) is 129 cm³/mol. The highest BCUT2D eigenvalue weighted by molar-refractivity contribution is 7.53. The number of benzene rings is 2. The zero-order valence-corrected chi connectivity index (χ0v) is 21.0. The van der Waals surface area contributed by atoms with Gasteiger partial charge in [-0.25, -0.2) is 4.79 Å². The van der Waals surface area contributed by atoms with Gasteiger partial charge in [0.05, 0.1) is 38.1 Å². The van der Waals surface area contributed by atoms with Crippen LogP contribution in [0.15, 0.2) is 60.7 Å². The molecular weight excluding hydrogens is 441 g/mol. The van der Waals surface area contributed by atoms with Crippen LogP contribution < -0.4 is 0 Å². The van der Waals surface area contributed by atoms with Crippen molar-refractivity contribution in [2.24, 2.45) is 0 Å². The van der Waals surface area contributed by atoms with Gasteiger partial charge in [0, 0.05) is 0 Å². The molecule has 7 nitrogen and oxygen atoms in total. The molecule has 8 heteroatoms. The summed E-state index contributed by atoms with van der Waals surface area (Å²) >= 11 is 0. The Morgan fingerprint density at radius 1 is 0.939 bits per heavy atom. The van der Waals surface area contributed by atoms with E-state index < -0.39 is 31.4 Å². The van der Waals surface area contributed by atoms with E-state index in [2.05, 4.69) is 0 Å². The van der Waals surface area contributed by atoms with Crippen molar-refractivity contribution in [3.8, 4) is 0 Å². The van der Waals surface area contributed by atoms with Crippen molar-refractivity contribution in [2.45, 2.75) is 52.4 Å². The summed E-state index contributed by atoms with van der Waals surface area (Å²) in [5.74, 6) is 0. The summed E-state index contributed by atoms with van der Waals surface area (Å²) in [5, 5.41) is 10.9. The third kappa shape index (κ3) is 8.59. The monoisotopic (exact) mass is 477 g/mol. The Morgan fingerprint density at radius 2 is 1.39 bits per heavy atom. The second-order valence-corrected chi connectivity index (χ2v) is 10.7. The maximum atomic E-state index is 13.4. The summed E-state index contributed by atoms with van der Waals surface area (Å²) in [6.45, 7) is 9.06. The first-order valence-corrected chi connectivity index (χ1v) is 13.0. The molecule has 0 spiro atoms. The molecule has 0 fully saturated rings. The lowest BCUT2D eigenvalue weighted by atomic mass is 9.97. The number of amides is 1. The largest absolute Gasteiger partial charge is 0.444 e. The smallest absolute Gasteiger partial charge is 0.411 e. The predicted octanol–water partition coefficient (Wildman–Crippen LogP) is 5.64. The summed E-state index contributed by atoms with van der Waals surface area (Å²) in [6.07, 6.45) is -1.97. The Hall–Kier alpha value is -2.18. The molecule has 0 aliphatic carbocycles. The van der Waals surface area contributed by atoms with E-state index in [1.807, 2.05) is 60.7 Å². The minimum absolute atomic E-state index is 0.118. The fraction of sp³-hybridized carbons (Fsp3) is 0.480. The van der Waals surface area contributed by atoms with E-state index in [1.165, 1.54) is 4.90 Å². The molecule has 0 radical (unpaired) electrons. The van der Waals surface area contributed by atoms with Gasteiger partial charge >= 0.3 is 13.7 Å². The molecule has 2 aromatic carbocycles. The van der Waals surface area contributed by atoms with Crippen molar-refractivity contribution >= 4 is 13.7 Å². The number of carbonyl (C=O) groups excluding carboxylic acids is 1. The topological polar surface area (TPSA) is 85.3 Å². The van der Waals surface area contributed by atoms with Gasteiger partial charge in [0.1, 0.15) is 5.60 Å². The molecule has 0 aromatic heterocycles. The van der Waals surface area contributed by atoms with Crippen LogP contribution in [0.1, 0.15) is 51.8 Å². The van der Waals surface area contributed by atoms with Crippen molar-refractivity contribution < 1.29 is 28.3 Å². The number of hydrogen-bond acceptors (Lipinski definition) is 6. The van der Waals surface area contributed by atoms with Gasteiger partial charge in [0.15, 0.2) is 0 Å². The van der Waals surface area contributed by atoms with E-state index in [-0.39, 0.29) is 25.9 Å². The quantitative estimate of drug-likeness (QED) is 0.422. The van der Waals surface area contributed by atoms with E-state index in [0.717, 1.165) is 11.1 Å². The Morgan fingerprint density at radius 3 is 1.79 bits per heavy atom. The summed E-state index contributed by atoms with van der Waals surface area (Å²) in [6, 6.07) is 18.6. The van der Waals surface area contributed by atoms with Gasteiger partial charge in [0.25, 0.3) is 0 Å². The fourth-order valence-corrected chi connectivity index (χ4v) is 5.21. The summed E-state index contributed by atoms with van der Waals surface area (Å²) in [5.41, 5.74) is 0.989. The molecular formula is C25H36NO6P. The second-order valence-electron chi connectivity index (χ2n) is 8.64. The molecule has 1 amide bonds.